The van der Waals surface area contributed by atoms with Gasteiger partial charge < -0.3 is 10.3 Å². The van der Waals surface area contributed by atoms with Crippen molar-refractivity contribution in [1.82, 2.24) is 15.0 Å². The van der Waals surface area contributed by atoms with E-state index in [9.17, 15) is 4.79 Å². The topological polar surface area (TPSA) is 70.7 Å². The zero-order chi connectivity index (χ0) is 25.7. The van der Waals surface area contributed by atoms with E-state index in [0.29, 0.717) is 17.3 Å². The number of imidazole rings is 1. The fourth-order valence-electron chi connectivity index (χ4n) is 4.27. The summed E-state index contributed by atoms with van der Waals surface area (Å²) in [5, 5.41) is 8.70. The highest BCUT2D eigenvalue weighted by Crippen LogP contribution is 2.33. The standard InChI is InChI=1S/C31H24N4OS2/c36-27(33-30-32-26(20-38-30)25-16-15-21-9-7-8-14-24(21)19-25)17-18-37-31-34-28(22-10-3-1-4-11-22)29(35-31)23-12-5-2-6-13-23/h1-16,19-20H,17-18H2,(H,34,35)(H,32,33,36). The number of carbonyl (C=O) groups excluding carboxylic acids is 1. The Labute approximate surface area is 229 Å². The summed E-state index contributed by atoms with van der Waals surface area (Å²) >= 11 is 2.98. The molecule has 2 heterocycles. The quantitative estimate of drug-likeness (QED) is 0.194. The lowest BCUT2D eigenvalue weighted by molar-refractivity contribution is -0.115. The minimum atomic E-state index is -0.0602. The molecule has 5 nitrogen and oxygen atoms in total. The third-order valence-electron chi connectivity index (χ3n) is 6.16. The number of thioether (sulfide) groups is 1. The van der Waals surface area contributed by atoms with Crippen molar-refractivity contribution in [3.8, 4) is 33.8 Å². The van der Waals surface area contributed by atoms with Crippen LogP contribution in [-0.2, 0) is 4.79 Å². The lowest BCUT2D eigenvalue weighted by Gasteiger charge is -2.02. The number of hydrogen-bond acceptors (Lipinski definition) is 5. The second kappa shape index (κ2) is 11.0. The Hall–Kier alpha value is -4.20. The molecule has 0 bridgehead atoms. The van der Waals surface area contributed by atoms with E-state index in [1.54, 1.807) is 11.8 Å². The smallest absolute Gasteiger partial charge is 0.226 e. The normalized spacial score (nSPS) is 11.1. The zero-order valence-corrected chi connectivity index (χ0v) is 22.1. The van der Waals surface area contributed by atoms with Crippen LogP contribution in [0.3, 0.4) is 0 Å². The Balaban J connectivity index is 1.10. The molecule has 2 N–H and O–H groups in total. The van der Waals surface area contributed by atoms with Crippen LogP contribution in [-0.4, -0.2) is 26.6 Å². The minimum absolute atomic E-state index is 0.0602. The first-order chi connectivity index (χ1) is 18.7. The van der Waals surface area contributed by atoms with Crippen molar-refractivity contribution in [2.24, 2.45) is 0 Å². The summed E-state index contributed by atoms with van der Waals surface area (Å²) in [6, 6.07) is 34.9. The monoisotopic (exact) mass is 532 g/mol. The number of amides is 1. The molecule has 0 fully saturated rings. The van der Waals surface area contributed by atoms with Gasteiger partial charge in [-0.1, -0.05) is 109 Å². The molecule has 0 aliphatic carbocycles. The van der Waals surface area contributed by atoms with E-state index in [-0.39, 0.29) is 5.91 Å². The predicted molar refractivity (Wildman–Crippen MR) is 158 cm³/mol. The number of nitrogens with one attached hydrogen (secondary N) is 2. The zero-order valence-electron chi connectivity index (χ0n) is 20.4. The fraction of sp³-hybridized carbons (Fsp3) is 0.0645. The summed E-state index contributed by atoms with van der Waals surface area (Å²) in [6.45, 7) is 0. The van der Waals surface area contributed by atoms with Crippen LogP contribution in [0.5, 0.6) is 0 Å². The molecule has 0 aliphatic rings. The lowest BCUT2D eigenvalue weighted by Crippen LogP contribution is -2.12. The Morgan fingerprint density at radius 1 is 0.789 bits per heavy atom. The molecule has 38 heavy (non-hydrogen) atoms. The number of carbonyl (C=O) groups is 1. The number of hydrogen-bond donors (Lipinski definition) is 2. The van der Waals surface area contributed by atoms with Crippen LogP contribution >= 0.6 is 23.1 Å². The average molecular weight is 533 g/mol. The largest absolute Gasteiger partial charge is 0.332 e. The SMILES string of the molecule is O=C(CCSc1nc(-c2ccccc2)c(-c2ccccc2)[nH]1)Nc1nc(-c2ccc3ccccc3c2)cs1. The maximum Gasteiger partial charge on any atom is 0.226 e. The molecule has 0 unspecified atom stereocenters. The van der Waals surface area contributed by atoms with Crippen molar-refractivity contribution in [1.29, 1.82) is 0 Å². The molecule has 0 atom stereocenters. The van der Waals surface area contributed by atoms with Crippen LogP contribution in [0.25, 0.3) is 44.5 Å². The first-order valence-corrected chi connectivity index (χ1v) is 14.2. The van der Waals surface area contributed by atoms with Crippen LogP contribution in [0, 0.1) is 0 Å². The molecule has 0 spiro atoms. The number of nitrogens with zero attached hydrogens (tertiary/aromatic N) is 2. The summed E-state index contributed by atoms with van der Waals surface area (Å²) in [4.78, 5) is 25.6. The molecule has 0 radical (unpaired) electrons. The highest BCUT2D eigenvalue weighted by atomic mass is 32.2. The molecular weight excluding hydrogens is 509 g/mol. The molecule has 2 aromatic heterocycles. The van der Waals surface area contributed by atoms with E-state index >= 15 is 0 Å². The molecule has 4 aromatic carbocycles. The van der Waals surface area contributed by atoms with Crippen molar-refractivity contribution in [3.05, 3.63) is 109 Å². The number of anilines is 1. The van der Waals surface area contributed by atoms with E-state index in [2.05, 4.69) is 69.9 Å². The van der Waals surface area contributed by atoms with Gasteiger partial charge in [0.1, 0.15) is 0 Å². The van der Waals surface area contributed by atoms with Crippen molar-refractivity contribution in [2.45, 2.75) is 11.6 Å². The van der Waals surface area contributed by atoms with Crippen LogP contribution in [0.1, 0.15) is 6.42 Å². The highest BCUT2D eigenvalue weighted by molar-refractivity contribution is 7.99. The maximum absolute atomic E-state index is 12.6. The molecule has 6 aromatic rings. The lowest BCUT2D eigenvalue weighted by atomic mass is 10.1. The van der Waals surface area contributed by atoms with Crippen molar-refractivity contribution < 1.29 is 4.79 Å². The third kappa shape index (κ3) is 5.39. The molecular formula is C31H24N4OS2. The van der Waals surface area contributed by atoms with Gasteiger partial charge in [-0.3, -0.25) is 4.79 Å². The summed E-state index contributed by atoms with van der Waals surface area (Å²) in [6.07, 6.45) is 0.359. The van der Waals surface area contributed by atoms with E-state index in [1.807, 2.05) is 53.9 Å². The van der Waals surface area contributed by atoms with Gasteiger partial charge in [0.25, 0.3) is 0 Å². The predicted octanol–water partition coefficient (Wildman–Crippen LogP) is 8.14. The van der Waals surface area contributed by atoms with Gasteiger partial charge in [-0.15, -0.1) is 11.3 Å². The Bertz CT molecular complexity index is 1640. The van der Waals surface area contributed by atoms with Gasteiger partial charge in [0.2, 0.25) is 5.91 Å². The van der Waals surface area contributed by atoms with Gasteiger partial charge in [-0.05, 0) is 16.8 Å². The fourth-order valence-corrected chi connectivity index (χ4v) is 5.82. The van der Waals surface area contributed by atoms with Gasteiger partial charge in [-0.25, -0.2) is 9.97 Å². The van der Waals surface area contributed by atoms with Crippen LogP contribution in [0.4, 0.5) is 5.13 Å². The van der Waals surface area contributed by atoms with Gasteiger partial charge in [0.05, 0.1) is 17.1 Å². The number of H-pyrrole nitrogens is 1. The number of benzene rings is 4. The summed E-state index contributed by atoms with van der Waals surface area (Å²) in [5.41, 5.74) is 5.92. The summed E-state index contributed by atoms with van der Waals surface area (Å²) in [7, 11) is 0. The van der Waals surface area contributed by atoms with E-state index < -0.39 is 0 Å². The first kappa shape index (κ1) is 24.2. The number of aromatic amines is 1. The molecule has 0 saturated carbocycles. The molecule has 186 valence electrons. The highest BCUT2D eigenvalue weighted by Gasteiger charge is 2.15. The second-order valence-electron chi connectivity index (χ2n) is 8.74. The van der Waals surface area contributed by atoms with Crippen molar-refractivity contribution in [3.63, 3.8) is 0 Å². The Kier molecular flexibility index (Phi) is 7.02. The number of aromatic nitrogens is 3. The number of thiazole rings is 1. The Morgan fingerprint density at radius 2 is 1.50 bits per heavy atom. The van der Waals surface area contributed by atoms with Gasteiger partial charge >= 0.3 is 0 Å². The van der Waals surface area contributed by atoms with Gasteiger partial charge in [0.15, 0.2) is 10.3 Å². The molecule has 1 amide bonds. The molecule has 0 aliphatic heterocycles. The second-order valence-corrected chi connectivity index (χ2v) is 10.7. The number of fused-ring (bicyclic) bond motifs is 1. The van der Waals surface area contributed by atoms with E-state index in [4.69, 9.17) is 4.98 Å². The van der Waals surface area contributed by atoms with Crippen molar-refractivity contribution in [2.75, 3.05) is 11.1 Å². The van der Waals surface area contributed by atoms with Gasteiger partial charge in [0, 0.05) is 34.2 Å². The van der Waals surface area contributed by atoms with Crippen LogP contribution in [0.15, 0.2) is 114 Å². The molecule has 6 rings (SSSR count). The van der Waals surface area contributed by atoms with Crippen LogP contribution < -0.4 is 5.32 Å². The minimum Gasteiger partial charge on any atom is -0.332 e. The Morgan fingerprint density at radius 3 is 2.29 bits per heavy atom. The maximum atomic E-state index is 12.6. The van der Waals surface area contributed by atoms with E-state index in [0.717, 1.165) is 38.9 Å². The summed E-state index contributed by atoms with van der Waals surface area (Å²) in [5.74, 6) is 0.542. The molecule has 0 saturated heterocycles. The van der Waals surface area contributed by atoms with Crippen LogP contribution in [0.2, 0.25) is 0 Å². The molecule has 7 heteroatoms. The first-order valence-electron chi connectivity index (χ1n) is 12.3. The van der Waals surface area contributed by atoms with Crippen molar-refractivity contribution >= 4 is 44.9 Å². The average Bonchev–Trinajstić information content (AvgIpc) is 3.61. The van der Waals surface area contributed by atoms with Gasteiger partial charge in [-0.2, -0.15) is 0 Å². The summed E-state index contributed by atoms with van der Waals surface area (Å²) < 4.78 is 0. The third-order valence-corrected chi connectivity index (χ3v) is 7.79. The van der Waals surface area contributed by atoms with E-state index in [1.165, 1.54) is 22.1 Å². The number of rotatable bonds is 8.